The maximum absolute atomic E-state index is 13.3. The summed E-state index contributed by atoms with van der Waals surface area (Å²) in [6, 6.07) is 13.9. The number of rotatable bonds is 5. The third-order valence-corrected chi connectivity index (χ3v) is 5.79. The summed E-state index contributed by atoms with van der Waals surface area (Å²) in [5, 5.41) is 9.97. The zero-order valence-corrected chi connectivity index (χ0v) is 17.5. The first-order chi connectivity index (χ1) is 14.5. The van der Waals surface area contributed by atoms with E-state index in [0.29, 0.717) is 27.9 Å². The zero-order valence-electron chi connectivity index (χ0n) is 16.7. The van der Waals surface area contributed by atoms with Gasteiger partial charge in [0, 0.05) is 11.9 Å². The van der Waals surface area contributed by atoms with Crippen LogP contribution in [0.25, 0.3) is 21.7 Å². The molecule has 0 aliphatic heterocycles. The van der Waals surface area contributed by atoms with E-state index in [0.717, 1.165) is 9.75 Å². The lowest BCUT2D eigenvalue weighted by atomic mass is 10.0. The maximum atomic E-state index is 13.3. The van der Waals surface area contributed by atoms with Crippen LogP contribution in [-0.4, -0.2) is 29.0 Å². The van der Waals surface area contributed by atoms with Gasteiger partial charge in [-0.1, -0.05) is 35.5 Å². The highest BCUT2D eigenvalue weighted by atomic mass is 32.1. The lowest BCUT2D eigenvalue weighted by molar-refractivity contribution is -0.122. The highest BCUT2D eigenvalue weighted by Gasteiger charge is 2.25. The SMILES string of the molecule is CNC(=O)[C@@H](NC(=O)c1cc(-c2ccc(C)s2)nc2onc(C)c12)c1ccccc1. The van der Waals surface area contributed by atoms with E-state index < -0.39 is 11.9 Å². The molecule has 30 heavy (non-hydrogen) atoms. The molecular formula is C22H20N4O3S. The number of nitrogens with zero attached hydrogens (tertiary/aromatic N) is 2. The largest absolute Gasteiger partial charge is 0.357 e. The van der Waals surface area contributed by atoms with Crippen molar-refractivity contribution >= 4 is 34.3 Å². The van der Waals surface area contributed by atoms with E-state index in [-0.39, 0.29) is 11.6 Å². The normalized spacial score (nSPS) is 12.0. The molecule has 2 amide bonds. The number of benzene rings is 1. The fourth-order valence-corrected chi connectivity index (χ4v) is 4.10. The van der Waals surface area contributed by atoms with Gasteiger partial charge in [0.25, 0.3) is 11.6 Å². The molecule has 0 unspecified atom stereocenters. The average Bonchev–Trinajstić information content (AvgIpc) is 3.37. The van der Waals surface area contributed by atoms with E-state index in [4.69, 9.17) is 4.52 Å². The predicted octanol–water partition coefficient (Wildman–Crippen LogP) is 3.79. The summed E-state index contributed by atoms with van der Waals surface area (Å²) in [5.74, 6) is -0.711. The number of aryl methyl sites for hydroxylation is 2. The van der Waals surface area contributed by atoms with Gasteiger partial charge in [-0.2, -0.15) is 0 Å². The van der Waals surface area contributed by atoms with E-state index >= 15 is 0 Å². The van der Waals surface area contributed by atoms with E-state index in [2.05, 4.69) is 20.8 Å². The number of pyridine rings is 1. The topological polar surface area (TPSA) is 97.1 Å². The molecule has 0 aliphatic carbocycles. The smallest absolute Gasteiger partial charge is 0.259 e. The summed E-state index contributed by atoms with van der Waals surface area (Å²) in [7, 11) is 1.54. The monoisotopic (exact) mass is 420 g/mol. The molecule has 1 aromatic carbocycles. The van der Waals surface area contributed by atoms with Crippen LogP contribution >= 0.6 is 11.3 Å². The molecule has 3 aromatic heterocycles. The Hall–Kier alpha value is -3.52. The predicted molar refractivity (Wildman–Crippen MR) is 115 cm³/mol. The Morgan fingerprint density at radius 2 is 1.87 bits per heavy atom. The van der Waals surface area contributed by atoms with Crippen LogP contribution in [0.1, 0.15) is 32.5 Å². The van der Waals surface area contributed by atoms with Crippen LogP contribution in [0.15, 0.2) is 53.1 Å². The Morgan fingerprint density at radius 1 is 1.10 bits per heavy atom. The number of aromatic nitrogens is 2. The van der Waals surface area contributed by atoms with Crippen molar-refractivity contribution in [3.05, 3.63) is 70.2 Å². The third kappa shape index (κ3) is 3.69. The molecule has 8 heteroatoms. The summed E-state index contributed by atoms with van der Waals surface area (Å²) >= 11 is 1.58. The van der Waals surface area contributed by atoms with Gasteiger partial charge in [-0.15, -0.1) is 11.3 Å². The van der Waals surface area contributed by atoms with Crippen LogP contribution in [0.3, 0.4) is 0 Å². The highest BCUT2D eigenvalue weighted by molar-refractivity contribution is 7.15. The van der Waals surface area contributed by atoms with E-state index in [9.17, 15) is 9.59 Å². The van der Waals surface area contributed by atoms with Gasteiger partial charge in [0.05, 0.1) is 27.2 Å². The van der Waals surface area contributed by atoms with E-state index in [1.54, 1.807) is 36.5 Å². The fourth-order valence-electron chi connectivity index (χ4n) is 3.27. The van der Waals surface area contributed by atoms with Crippen molar-refractivity contribution in [1.29, 1.82) is 0 Å². The molecule has 1 atom stereocenters. The lowest BCUT2D eigenvalue weighted by Crippen LogP contribution is -2.39. The van der Waals surface area contributed by atoms with Crippen LogP contribution in [0.4, 0.5) is 0 Å². The van der Waals surface area contributed by atoms with Crippen molar-refractivity contribution in [2.45, 2.75) is 19.9 Å². The molecule has 0 saturated carbocycles. The van der Waals surface area contributed by atoms with Crippen molar-refractivity contribution in [1.82, 2.24) is 20.8 Å². The van der Waals surface area contributed by atoms with Gasteiger partial charge in [0.1, 0.15) is 6.04 Å². The highest BCUT2D eigenvalue weighted by Crippen LogP contribution is 2.31. The van der Waals surface area contributed by atoms with Gasteiger partial charge in [-0.3, -0.25) is 9.59 Å². The van der Waals surface area contributed by atoms with Crippen molar-refractivity contribution in [2.75, 3.05) is 7.05 Å². The molecule has 152 valence electrons. The Morgan fingerprint density at radius 3 is 2.53 bits per heavy atom. The summed E-state index contributed by atoms with van der Waals surface area (Å²) in [4.78, 5) is 32.4. The van der Waals surface area contributed by atoms with Gasteiger partial charge in [-0.25, -0.2) is 4.98 Å². The van der Waals surface area contributed by atoms with Crippen molar-refractivity contribution in [2.24, 2.45) is 0 Å². The molecule has 0 saturated heterocycles. The first-order valence-corrected chi connectivity index (χ1v) is 10.2. The number of carbonyl (C=O) groups is 2. The molecule has 2 N–H and O–H groups in total. The van der Waals surface area contributed by atoms with Gasteiger partial charge in [-0.05, 0) is 37.6 Å². The second kappa shape index (κ2) is 8.08. The number of amides is 2. The van der Waals surface area contributed by atoms with Crippen LogP contribution < -0.4 is 10.6 Å². The second-order valence-electron chi connectivity index (χ2n) is 6.84. The molecule has 0 bridgehead atoms. The number of carbonyl (C=O) groups excluding carboxylic acids is 2. The first kappa shape index (κ1) is 19.8. The van der Waals surface area contributed by atoms with Gasteiger partial charge >= 0.3 is 0 Å². The number of hydrogen-bond donors (Lipinski definition) is 2. The zero-order chi connectivity index (χ0) is 21.3. The molecule has 0 radical (unpaired) electrons. The number of hydrogen-bond acceptors (Lipinski definition) is 6. The molecule has 4 rings (SSSR count). The quantitative estimate of drug-likeness (QED) is 0.512. The number of thiophene rings is 1. The summed E-state index contributed by atoms with van der Waals surface area (Å²) < 4.78 is 5.35. The lowest BCUT2D eigenvalue weighted by Gasteiger charge is -2.18. The van der Waals surface area contributed by atoms with Crippen LogP contribution in [-0.2, 0) is 4.79 Å². The van der Waals surface area contributed by atoms with Gasteiger partial charge < -0.3 is 15.2 Å². The summed E-state index contributed by atoms with van der Waals surface area (Å²) in [5.41, 5.74) is 2.53. The van der Waals surface area contributed by atoms with Crippen LogP contribution in [0, 0.1) is 13.8 Å². The number of fused-ring (bicyclic) bond motifs is 1. The van der Waals surface area contributed by atoms with E-state index in [1.165, 1.54) is 7.05 Å². The molecule has 0 spiro atoms. The Kier molecular flexibility index (Phi) is 5.33. The Bertz CT molecular complexity index is 1230. The average molecular weight is 420 g/mol. The molecule has 0 fully saturated rings. The summed E-state index contributed by atoms with van der Waals surface area (Å²) in [6.07, 6.45) is 0. The molecule has 7 nitrogen and oxygen atoms in total. The molecule has 4 aromatic rings. The molecule has 0 aliphatic rings. The van der Waals surface area contributed by atoms with Gasteiger partial charge in [0.2, 0.25) is 5.91 Å². The third-order valence-electron chi connectivity index (χ3n) is 4.77. The van der Waals surface area contributed by atoms with Crippen molar-refractivity contribution in [3.63, 3.8) is 0 Å². The van der Waals surface area contributed by atoms with Gasteiger partial charge in [0.15, 0.2) is 0 Å². The second-order valence-corrected chi connectivity index (χ2v) is 8.13. The molecular weight excluding hydrogens is 400 g/mol. The van der Waals surface area contributed by atoms with Crippen LogP contribution in [0.2, 0.25) is 0 Å². The minimum Gasteiger partial charge on any atom is -0.357 e. The minimum atomic E-state index is -0.834. The first-order valence-electron chi connectivity index (χ1n) is 9.39. The summed E-state index contributed by atoms with van der Waals surface area (Å²) in [6.45, 7) is 3.76. The minimum absolute atomic E-state index is 0.289. The maximum Gasteiger partial charge on any atom is 0.259 e. The van der Waals surface area contributed by atoms with E-state index in [1.807, 2.05) is 37.3 Å². The van der Waals surface area contributed by atoms with Crippen LogP contribution in [0.5, 0.6) is 0 Å². The standard InChI is InChI=1S/C22H20N4O3S/c1-12-9-10-17(30-12)16-11-15(18-13(2)26-29-22(18)24-16)20(27)25-19(21(28)23-3)14-7-5-4-6-8-14/h4-11,19H,1-3H3,(H,23,28)(H,25,27)/t19-/m0/s1. The Labute approximate surface area is 177 Å². The fraction of sp³-hybridized carbons (Fsp3) is 0.182. The number of nitrogens with one attached hydrogen (secondary N) is 2. The van der Waals surface area contributed by atoms with Crippen molar-refractivity contribution < 1.29 is 14.1 Å². The number of likely N-dealkylation sites (N-methyl/N-ethyl adjacent to an activating group) is 1. The van der Waals surface area contributed by atoms with Crippen molar-refractivity contribution in [3.8, 4) is 10.6 Å². The molecule has 3 heterocycles. The Balaban J connectivity index is 1.78.